The van der Waals surface area contributed by atoms with Crippen molar-refractivity contribution in [3.8, 4) is 5.75 Å². The van der Waals surface area contributed by atoms with Gasteiger partial charge >= 0.3 is 0 Å². The molecule has 0 spiro atoms. The molecule has 1 fully saturated rings. The van der Waals surface area contributed by atoms with Crippen molar-refractivity contribution in [2.24, 2.45) is 5.10 Å². The Morgan fingerprint density at radius 3 is 2.97 bits per heavy atom. The number of anilines is 1. The number of amides is 2. The van der Waals surface area contributed by atoms with Crippen LogP contribution in [0, 0.1) is 0 Å². The third kappa shape index (κ3) is 6.31. The van der Waals surface area contributed by atoms with E-state index in [2.05, 4.69) is 42.0 Å². The molecular formula is C27H32BrN5O4. The third-order valence-electron chi connectivity index (χ3n) is 6.96. The predicted octanol–water partition coefficient (Wildman–Crippen LogP) is 2.45. The van der Waals surface area contributed by atoms with Crippen LogP contribution in [0.1, 0.15) is 46.3 Å². The summed E-state index contributed by atoms with van der Waals surface area (Å²) in [6.07, 6.45) is 3.63. The van der Waals surface area contributed by atoms with Crippen molar-refractivity contribution in [2.75, 3.05) is 44.6 Å². The number of fused-ring (bicyclic) bond motifs is 2. The van der Waals surface area contributed by atoms with Crippen LogP contribution in [0.5, 0.6) is 5.75 Å². The number of aliphatic hydroxyl groups excluding tert-OH is 1. The van der Waals surface area contributed by atoms with Gasteiger partial charge in [-0.1, -0.05) is 28.1 Å². The number of likely N-dealkylation sites (tertiary alicyclic amines) is 1. The number of unbranched alkanes of at least 4 members (excludes halogenated alkanes) is 1. The Hall–Kier alpha value is -2.95. The molecule has 0 bridgehead atoms. The van der Waals surface area contributed by atoms with E-state index < -0.39 is 0 Å². The molecule has 10 heteroatoms. The van der Waals surface area contributed by atoms with Gasteiger partial charge in [0.15, 0.2) is 0 Å². The fourth-order valence-electron chi connectivity index (χ4n) is 5.02. The second-order valence-corrected chi connectivity index (χ2v) is 10.6. The zero-order valence-electron chi connectivity index (χ0n) is 20.7. The van der Waals surface area contributed by atoms with E-state index in [1.54, 1.807) is 6.07 Å². The normalized spacial score (nSPS) is 19.3. The molecule has 0 aliphatic carbocycles. The molecule has 0 unspecified atom stereocenters. The summed E-state index contributed by atoms with van der Waals surface area (Å²) in [6.45, 7) is 4.40. The summed E-state index contributed by atoms with van der Waals surface area (Å²) in [4.78, 5) is 27.5. The SMILES string of the molecule is O=C(Cc1ccc2c(c1)CCO2)N/N=C1\CNc2cc(C(=O)NCCCCN3CC[C@H](O)C3)cc(Br)c21. The highest BCUT2D eigenvalue weighted by molar-refractivity contribution is 9.10. The van der Waals surface area contributed by atoms with Crippen molar-refractivity contribution in [3.05, 3.63) is 57.1 Å². The topological polar surface area (TPSA) is 115 Å². The fourth-order valence-corrected chi connectivity index (χ4v) is 5.71. The molecule has 3 heterocycles. The molecule has 2 aromatic carbocycles. The van der Waals surface area contributed by atoms with E-state index >= 15 is 0 Å². The lowest BCUT2D eigenvalue weighted by Crippen LogP contribution is -2.27. The second-order valence-electron chi connectivity index (χ2n) is 9.75. The van der Waals surface area contributed by atoms with Gasteiger partial charge in [0.1, 0.15) is 5.75 Å². The lowest BCUT2D eigenvalue weighted by molar-refractivity contribution is -0.120. The van der Waals surface area contributed by atoms with Gasteiger partial charge in [-0.2, -0.15) is 5.10 Å². The second kappa shape index (κ2) is 11.6. The lowest BCUT2D eigenvalue weighted by Gasteiger charge is -2.14. The predicted molar refractivity (Wildman–Crippen MR) is 145 cm³/mol. The number of rotatable bonds is 9. The summed E-state index contributed by atoms with van der Waals surface area (Å²) in [5.74, 6) is 0.586. The number of carbonyl (C=O) groups excluding carboxylic acids is 2. The Bertz CT molecular complexity index is 1220. The molecule has 0 radical (unpaired) electrons. The molecule has 37 heavy (non-hydrogen) atoms. The third-order valence-corrected chi connectivity index (χ3v) is 7.58. The van der Waals surface area contributed by atoms with E-state index in [4.69, 9.17) is 4.74 Å². The Morgan fingerprint density at radius 1 is 1.24 bits per heavy atom. The minimum absolute atomic E-state index is 0.125. The average molecular weight is 570 g/mol. The average Bonchev–Trinajstić information content (AvgIpc) is 3.62. The monoisotopic (exact) mass is 569 g/mol. The van der Waals surface area contributed by atoms with Crippen LogP contribution in [0.2, 0.25) is 0 Å². The molecule has 0 saturated carbocycles. The minimum atomic E-state index is -0.195. The highest BCUT2D eigenvalue weighted by Crippen LogP contribution is 2.32. The quantitative estimate of drug-likeness (QED) is 0.272. The van der Waals surface area contributed by atoms with Crippen molar-refractivity contribution in [3.63, 3.8) is 0 Å². The maximum Gasteiger partial charge on any atom is 0.251 e. The summed E-state index contributed by atoms with van der Waals surface area (Å²) >= 11 is 3.58. The largest absolute Gasteiger partial charge is 0.493 e. The van der Waals surface area contributed by atoms with Crippen molar-refractivity contribution in [1.82, 2.24) is 15.6 Å². The number of aliphatic hydroxyl groups is 1. The number of nitrogens with one attached hydrogen (secondary N) is 3. The summed E-state index contributed by atoms with van der Waals surface area (Å²) in [5, 5.41) is 20.2. The van der Waals surface area contributed by atoms with Crippen LogP contribution in [0.4, 0.5) is 5.69 Å². The van der Waals surface area contributed by atoms with Gasteiger partial charge in [0.25, 0.3) is 5.91 Å². The van der Waals surface area contributed by atoms with Gasteiger partial charge < -0.3 is 25.4 Å². The van der Waals surface area contributed by atoms with Crippen LogP contribution >= 0.6 is 15.9 Å². The van der Waals surface area contributed by atoms with Crippen LogP contribution in [-0.4, -0.2) is 73.0 Å². The van der Waals surface area contributed by atoms with Crippen molar-refractivity contribution >= 4 is 39.1 Å². The standard InChI is InChI=1S/C27H32BrN5O4/c28-21-13-19(27(36)29-7-1-2-8-33-9-5-20(34)16-33)14-22-26(21)23(15-30-22)31-32-25(35)12-17-3-4-24-18(11-17)6-10-37-24/h3-4,11,13-14,20,30,34H,1-2,5-10,12,15-16H2,(H,29,36)(H,32,35)/b31-23+/t20-/m0/s1. The number of nitrogens with zero attached hydrogens (tertiary/aromatic N) is 2. The fraction of sp³-hybridized carbons (Fsp3) is 0.444. The van der Waals surface area contributed by atoms with Crippen LogP contribution < -0.4 is 20.8 Å². The van der Waals surface area contributed by atoms with E-state index in [0.29, 0.717) is 31.0 Å². The zero-order valence-corrected chi connectivity index (χ0v) is 22.3. The van der Waals surface area contributed by atoms with Gasteiger partial charge in [-0.05, 0) is 55.1 Å². The maximum atomic E-state index is 12.7. The highest BCUT2D eigenvalue weighted by Gasteiger charge is 2.24. The van der Waals surface area contributed by atoms with Gasteiger partial charge in [-0.25, -0.2) is 5.43 Å². The molecule has 1 saturated heterocycles. The first-order chi connectivity index (χ1) is 18.0. The number of carbonyl (C=O) groups is 2. The highest BCUT2D eigenvalue weighted by atomic mass is 79.9. The molecule has 3 aliphatic heterocycles. The summed E-state index contributed by atoms with van der Waals surface area (Å²) in [6, 6.07) is 9.45. The van der Waals surface area contributed by atoms with Crippen molar-refractivity contribution in [2.45, 2.75) is 38.2 Å². The van der Waals surface area contributed by atoms with E-state index in [0.717, 1.165) is 77.9 Å². The van der Waals surface area contributed by atoms with Crippen molar-refractivity contribution < 1.29 is 19.4 Å². The van der Waals surface area contributed by atoms with E-state index in [-0.39, 0.29) is 24.3 Å². The molecule has 0 aromatic heterocycles. The van der Waals surface area contributed by atoms with Gasteiger partial charge in [-0.15, -0.1) is 0 Å². The summed E-state index contributed by atoms with van der Waals surface area (Å²) < 4.78 is 6.27. The molecule has 3 aliphatic rings. The van der Waals surface area contributed by atoms with E-state index in [1.165, 1.54) is 0 Å². The molecule has 2 amide bonds. The number of halogens is 1. The van der Waals surface area contributed by atoms with Gasteiger partial charge in [-0.3, -0.25) is 9.59 Å². The number of hydrogen-bond donors (Lipinski definition) is 4. The molecular weight excluding hydrogens is 538 g/mol. The number of hydrogen-bond acceptors (Lipinski definition) is 7. The molecule has 2 aromatic rings. The number of hydrazone groups is 1. The first-order valence-electron chi connectivity index (χ1n) is 12.8. The number of β-amino-alcohol motifs (C(OH)–C–C–N with tert-alkyl or cyclic N) is 1. The van der Waals surface area contributed by atoms with Crippen LogP contribution in [0.25, 0.3) is 0 Å². The molecule has 5 rings (SSSR count). The summed E-state index contributed by atoms with van der Waals surface area (Å²) in [7, 11) is 0. The molecule has 196 valence electrons. The van der Waals surface area contributed by atoms with Gasteiger partial charge in [0.2, 0.25) is 5.91 Å². The van der Waals surface area contributed by atoms with E-state index in [1.807, 2.05) is 24.3 Å². The molecule has 4 N–H and O–H groups in total. The van der Waals surface area contributed by atoms with Crippen LogP contribution in [0.15, 0.2) is 39.9 Å². The Labute approximate surface area is 224 Å². The van der Waals surface area contributed by atoms with Gasteiger partial charge in [0, 0.05) is 47.3 Å². The Kier molecular flexibility index (Phi) is 8.07. The van der Waals surface area contributed by atoms with E-state index in [9.17, 15) is 14.7 Å². The van der Waals surface area contributed by atoms with Gasteiger partial charge in [0.05, 0.1) is 31.4 Å². The molecule has 1 atom stereocenters. The molecule has 9 nitrogen and oxygen atoms in total. The van der Waals surface area contributed by atoms with Crippen LogP contribution in [-0.2, 0) is 17.6 Å². The Morgan fingerprint density at radius 2 is 2.14 bits per heavy atom. The Balaban J connectivity index is 1.12. The first kappa shape index (κ1) is 25.7. The smallest absolute Gasteiger partial charge is 0.251 e. The maximum absolute atomic E-state index is 12.7. The minimum Gasteiger partial charge on any atom is -0.493 e. The zero-order chi connectivity index (χ0) is 25.8. The van der Waals surface area contributed by atoms with Crippen LogP contribution in [0.3, 0.4) is 0 Å². The number of benzene rings is 2. The number of ether oxygens (including phenoxy) is 1. The lowest BCUT2D eigenvalue weighted by atomic mass is 10.1. The summed E-state index contributed by atoms with van der Waals surface area (Å²) in [5.41, 5.74) is 7.65. The first-order valence-corrected chi connectivity index (χ1v) is 13.6. The van der Waals surface area contributed by atoms with Crippen molar-refractivity contribution in [1.29, 1.82) is 0 Å².